The summed E-state index contributed by atoms with van der Waals surface area (Å²) in [7, 11) is 0. The summed E-state index contributed by atoms with van der Waals surface area (Å²) >= 11 is 5.86. The zero-order valence-corrected chi connectivity index (χ0v) is 13.4. The molecule has 1 aromatic heterocycles. The minimum atomic E-state index is 0.0644. The average molecular weight is 332 g/mol. The van der Waals surface area contributed by atoms with Gasteiger partial charge in [0.05, 0.1) is 25.0 Å². The third kappa shape index (κ3) is 4.64. The fourth-order valence-corrected chi connectivity index (χ4v) is 2.55. The van der Waals surface area contributed by atoms with Gasteiger partial charge < -0.3 is 5.32 Å². The lowest BCUT2D eigenvalue weighted by atomic mass is 10.2. The van der Waals surface area contributed by atoms with Crippen molar-refractivity contribution in [3.63, 3.8) is 0 Å². The van der Waals surface area contributed by atoms with Crippen LogP contribution in [0.2, 0.25) is 5.02 Å². The highest BCUT2D eigenvalue weighted by Crippen LogP contribution is 2.10. The summed E-state index contributed by atoms with van der Waals surface area (Å²) in [5.74, 6) is 0.0644. The zero-order valence-electron chi connectivity index (χ0n) is 12.7. The quantitative estimate of drug-likeness (QED) is 0.903. The van der Waals surface area contributed by atoms with Crippen LogP contribution in [-0.4, -0.2) is 45.4 Å². The smallest absolute Gasteiger partial charge is 0.234 e. The van der Waals surface area contributed by atoms with Gasteiger partial charge >= 0.3 is 0 Å². The lowest BCUT2D eigenvalue weighted by Crippen LogP contribution is -2.47. The highest BCUT2D eigenvalue weighted by molar-refractivity contribution is 6.30. The molecule has 0 unspecified atom stereocenters. The number of amides is 1. The SMILES string of the molecule is O=C1CN(Cc2cn(C/C=C/c3ccc(Cl)cc3)nn2)CCN1. The van der Waals surface area contributed by atoms with E-state index in [9.17, 15) is 4.79 Å². The molecule has 0 aliphatic carbocycles. The number of hydrogen-bond donors (Lipinski definition) is 1. The van der Waals surface area contributed by atoms with E-state index in [1.807, 2.05) is 42.6 Å². The van der Waals surface area contributed by atoms with E-state index in [4.69, 9.17) is 11.6 Å². The summed E-state index contributed by atoms with van der Waals surface area (Å²) in [6.45, 7) is 3.25. The number of carbonyl (C=O) groups excluding carboxylic acids is 1. The molecule has 1 aliphatic heterocycles. The third-order valence-electron chi connectivity index (χ3n) is 3.56. The summed E-state index contributed by atoms with van der Waals surface area (Å²) in [5.41, 5.74) is 1.97. The zero-order chi connectivity index (χ0) is 16.1. The van der Waals surface area contributed by atoms with E-state index < -0.39 is 0 Å². The monoisotopic (exact) mass is 331 g/mol. The Morgan fingerprint density at radius 2 is 2.13 bits per heavy atom. The van der Waals surface area contributed by atoms with Crippen LogP contribution in [0, 0.1) is 0 Å². The maximum absolute atomic E-state index is 11.4. The second kappa shape index (κ2) is 7.39. The van der Waals surface area contributed by atoms with Gasteiger partial charge in [-0.2, -0.15) is 0 Å². The van der Waals surface area contributed by atoms with Crippen molar-refractivity contribution in [2.45, 2.75) is 13.1 Å². The topological polar surface area (TPSA) is 63.1 Å². The number of halogens is 1. The van der Waals surface area contributed by atoms with Crippen LogP contribution >= 0.6 is 11.6 Å². The first-order chi connectivity index (χ1) is 11.2. The number of nitrogens with one attached hydrogen (secondary N) is 1. The molecule has 0 spiro atoms. The Morgan fingerprint density at radius 1 is 1.30 bits per heavy atom. The van der Waals surface area contributed by atoms with E-state index in [1.165, 1.54) is 0 Å². The van der Waals surface area contributed by atoms with Crippen LogP contribution in [0.5, 0.6) is 0 Å². The van der Waals surface area contributed by atoms with Gasteiger partial charge in [0.1, 0.15) is 0 Å². The van der Waals surface area contributed by atoms with Crippen LogP contribution in [0.1, 0.15) is 11.3 Å². The van der Waals surface area contributed by atoms with Crippen molar-refractivity contribution >= 4 is 23.6 Å². The van der Waals surface area contributed by atoms with E-state index in [-0.39, 0.29) is 5.91 Å². The normalized spacial score (nSPS) is 16.0. The van der Waals surface area contributed by atoms with Crippen LogP contribution in [0.3, 0.4) is 0 Å². The molecule has 1 amide bonds. The molecule has 2 heterocycles. The molecule has 120 valence electrons. The fourth-order valence-electron chi connectivity index (χ4n) is 2.43. The Kier molecular flexibility index (Phi) is 5.05. The Morgan fingerprint density at radius 3 is 2.91 bits per heavy atom. The first kappa shape index (κ1) is 15.7. The first-order valence-corrected chi connectivity index (χ1v) is 7.87. The molecule has 1 N–H and O–H groups in total. The van der Waals surface area contributed by atoms with Crippen molar-refractivity contribution in [3.05, 3.63) is 52.8 Å². The summed E-state index contributed by atoms with van der Waals surface area (Å²) in [6.07, 6.45) is 5.96. The van der Waals surface area contributed by atoms with Crippen LogP contribution in [-0.2, 0) is 17.9 Å². The number of piperazine rings is 1. The first-order valence-electron chi connectivity index (χ1n) is 7.49. The number of carbonyl (C=O) groups is 1. The van der Waals surface area contributed by atoms with Gasteiger partial charge in [0.25, 0.3) is 0 Å². The van der Waals surface area contributed by atoms with Crippen LogP contribution in [0.25, 0.3) is 6.08 Å². The van der Waals surface area contributed by atoms with Crippen LogP contribution in [0.4, 0.5) is 0 Å². The van der Waals surface area contributed by atoms with Gasteiger partial charge in [-0.25, -0.2) is 4.68 Å². The number of rotatable bonds is 5. The largest absolute Gasteiger partial charge is 0.354 e. The number of benzene rings is 1. The molecular formula is C16H18ClN5O. The molecular weight excluding hydrogens is 314 g/mol. The fraction of sp³-hybridized carbons (Fsp3) is 0.312. The highest BCUT2D eigenvalue weighted by atomic mass is 35.5. The van der Waals surface area contributed by atoms with Crippen molar-refractivity contribution in [1.82, 2.24) is 25.2 Å². The van der Waals surface area contributed by atoms with E-state index >= 15 is 0 Å². The second-order valence-electron chi connectivity index (χ2n) is 5.45. The molecule has 23 heavy (non-hydrogen) atoms. The Hall–Kier alpha value is -2.18. The summed E-state index contributed by atoms with van der Waals surface area (Å²) in [6, 6.07) is 7.66. The van der Waals surface area contributed by atoms with E-state index in [2.05, 4.69) is 20.5 Å². The van der Waals surface area contributed by atoms with Gasteiger partial charge in [-0.05, 0) is 17.7 Å². The summed E-state index contributed by atoms with van der Waals surface area (Å²) in [4.78, 5) is 13.4. The predicted molar refractivity (Wildman–Crippen MR) is 88.8 cm³/mol. The standard InChI is InChI=1S/C16H18ClN5O/c17-14-5-3-13(4-6-14)2-1-8-22-11-15(19-20-22)10-21-9-7-18-16(23)12-21/h1-6,11H,7-10,12H2,(H,18,23)/b2-1+. The molecule has 3 rings (SSSR count). The number of allylic oxidation sites excluding steroid dienone is 1. The lowest BCUT2D eigenvalue weighted by Gasteiger charge is -2.25. The second-order valence-corrected chi connectivity index (χ2v) is 5.88. The van der Waals surface area contributed by atoms with E-state index in [0.717, 1.165) is 22.8 Å². The molecule has 2 aromatic rings. The molecule has 0 radical (unpaired) electrons. The minimum Gasteiger partial charge on any atom is -0.354 e. The van der Waals surface area contributed by atoms with Gasteiger partial charge in [0.2, 0.25) is 5.91 Å². The van der Waals surface area contributed by atoms with Crippen LogP contribution < -0.4 is 5.32 Å². The van der Waals surface area contributed by atoms with E-state index in [1.54, 1.807) is 4.68 Å². The number of aromatic nitrogens is 3. The van der Waals surface area contributed by atoms with Gasteiger partial charge in [0, 0.05) is 24.7 Å². The Labute approximate surface area is 139 Å². The Balaban J connectivity index is 1.52. The van der Waals surface area contributed by atoms with Crippen molar-refractivity contribution in [2.75, 3.05) is 19.6 Å². The summed E-state index contributed by atoms with van der Waals surface area (Å²) < 4.78 is 1.78. The van der Waals surface area contributed by atoms with Crippen LogP contribution in [0.15, 0.2) is 36.5 Å². The third-order valence-corrected chi connectivity index (χ3v) is 3.81. The molecule has 7 heteroatoms. The van der Waals surface area contributed by atoms with Crippen molar-refractivity contribution < 1.29 is 4.79 Å². The number of nitrogens with zero attached hydrogens (tertiary/aromatic N) is 4. The molecule has 0 bridgehead atoms. The lowest BCUT2D eigenvalue weighted by molar-refractivity contribution is -0.124. The maximum atomic E-state index is 11.4. The van der Waals surface area contributed by atoms with Gasteiger partial charge in [-0.1, -0.05) is 41.1 Å². The van der Waals surface area contributed by atoms with Gasteiger partial charge in [0.15, 0.2) is 0 Å². The molecule has 1 aromatic carbocycles. The molecule has 1 saturated heterocycles. The molecule has 0 saturated carbocycles. The number of hydrogen-bond acceptors (Lipinski definition) is 4. The molecule has 1 fully saturated rings. The molecule has 6 nitrogen and oxygen atoms in total. The predicted octanol–water partition coefficient (Wildman–Crippen LogP) is 1.58. The minimum absolute atomic E-state index is 0.0644. The summed E-state index contributed by atoms with van der Waals surface area (Å²) in [5, 5.41) is 11.8. The van der Waals surface area contributed by atoms with Crippen molar-refractivity contribution in [3.8, 4) is 0 Å². The average Bonchev–Trinajstić information content (AvgIpc) is 2.97. The van der Waals surface area contributed by atoms with Crippen molar-refractivity contribution in [1.29, 1.82) is 0 Å². The Bertz CT molecular complexity index is 695. The van der Waals surface area contributed by atoms with E-state index in [0.29, 0.717) is 26.2 Å². The highest BCUT2D eigenvalue weighted by Gasteiger charge is 2.17. The van der Waals surface area contributed by atoms with Gasteiger partial charge in [-0.15, -0.1) is 5.10 Å². The van der Waals surface area contributed by atoms with Gasteiger partial charge in [-0.3, -0.25) is 9.69 Å². The molecule has 0 atom stereocenters. The molecule has 1 aliphatic rings. The maximum Gasteiger partial charge on any atom is 0.234 e. The van der Waals surface area contributed by atoms with Crippen molar-refractivity contribution in [2.24, 2.45) is 0 Å².